The first-order valence-corrected chi connectivity index (χ1v) is 5.17. The van der Waals surface area contributed by atoms with Crippen molar-refractivity contribution in [3.63, 3.8) is 0 Å². The molecule has 0 amide bonds. The lowest BCUT2D eigenvalue weighted by Gasteiger charge is -2.02. The van der Waals surface area contributed by atoms with Crippen LogP contribution in [0.3, 0.4) is 0 Å². The van der Waals surface area contributed by atoms with Gasteiger partial charge in [-0.25, -0.2) is 0 Å². The Labute approximate surface area is 90.3 Å². The maximum Gasteiger partial charge on any atom is 0.269 e. The number of aromatic amines is 1. The lowest BCUT2D eigenvalue weighted by molar-refractivity contribution is 1.40. The van der Waals surface area contributed by atoms with Crippen molar-refractivity contribution in [1.29, 1.82) is 5.41 Å². The lowest BCUT2D eigenvalue weighted by Crippen LogP contribution is -2.05. The van der Waals surface area contributed by atoms with Crippen molar-refractivity contribution >= 4 is 28.4 Å². The third-order valence-corrected chi connectivity index (χ3v) is 2.72. The van der Waals surface area contributed by atoms with Gasteiger partial charge in [0.2, 0.25) is 0 Å². The molecule has 0 spiro atoms. The van der Waals surface area contributed by atoms with E-state index in [2.05, 4.69) is 9.69 Å². The quantitative estimate of drug-likeness (QED) is 0.692. The van der Waals surface area contributed by atoms with Crippen LogP contribution in [0.4, 0.5) is 10.7 Å². The summed E-state index contributed by atoms with van der Waals surface area (Å²) in [6.07, 6.45) is 1.06. The molecule has 2 aromatic rings. The van der Waals surface area contributed by atoms with Gasteiger partial charge < -0.3 is 10.7 Å². The van der Waals surface area contributed by atoms with Gasteiger partial charge >= 0.3 is 0 Å². The summed E-state index contributed by atoms with van der Waals surface area (Å²) in [5.74, 6) is 0. The molecule has 1 aromatic carbocycles. The molecule has 0 radical (unpaired) electrons. The number of aromatic nitrogens is 1. The molecule has 15 heavy (non-hydrogen) atoms. The smallest absolute Gasteiger partial charge is 0.269 e. The molecule has 0 aliphatic heterocycles. The van der Waals surface area contributed by atoms with Crippen LogP contribution < -0.4 is 10.9 Å². The Morgan fingerprint density at radius 2 is 2.07 bits per heavy atom. The van der Waals surface area contributed by atoms with Gasteiger partial charge in [-0.1, -0.05) is 18.2 Å². The Bertz CT molecular complexity index is 515. The molecule has 1 aromatic heterocycles. The summed E-state index contributed by atoms with van der Waals surface area (Å²) in [4.78, 5) is 11.2. The number of H-pyrrole nitrogens is 1. The molecular formula is C10H9N3OS. The van der Waals surface area contributed by atoms with Crippen molar-refractivity contribution in [3.8, 4) is 0 Å². The van der Waals surface area contributed by atoms with E-state index >= 15 is 0 Å². The van der Waals surface area contributed by atoms with Crippen LogP contribution in [0.2, 0.25) is 0 Å². The largest absolute Gasteiger partial charge is 0.345 e. The number of anilines is 2. The molecule has 0 unspecified atom stereocenters. The third kappa shape index (κ3) is 1.97. The normalized spacial score (nSPS) is 9.87. The number of hydrogen-bond acceptors (Lipinski definition) is 4. The zero-order chi connectivity index (χ0) is 10.7. The zero-order valence-corrected chi connectivity index (χ0v) is 8.60. The van der Waals surface area contributed by atoms with E-state index in [-0.39, 0.29) is 5.56 Å². The Balaban J connectivity index is 2.32. The predicted molar refractivity (Wildman–Crippen MR) is 62.6 cm³/mol. The summed E-state index contributed by atoms with van der Waals surface area (Å²) in [5, 5.41) is 10.9. The van der Waals surface area contributed by atoms with Crippen molar-refractivity contribution in [1.82, 2.24) is 4.37 Å². The molecule has 0 atom stereocenters. The molecule has 0 fully saturated rings. The molecule has 1 heterocycles. The van der Waals surface area contributed by atoms with Crippen LogP contribution in [0.15, 0.2) is 35.1 Å². The topological polar surface area (TPSA) is 68.7 Å². The highest BCUT2D eigenvalue weighted by molar-refractivity contribution is 7.10. The lowest BCUT2D eigenvalue weighted by atomic mass is 10.3. The number of hydrogen-bond donors (Lipinski definition) is 3. The van der Waals surface area contributed by atoms with Crippen LogP contribution in [-0.2, 0) is 0 Å². The highest BCUT2D eigenvalue weighted by Crippen LogP contribution is 2.20. The average molecular weight is 219 g/mol. The fourth-order valence-electron chi connectivity index (χ4n) is 1.19. The van der Waals surface area contributed by atoms with E-state index in [1.54, 1.807) is 0 Å². The summed E-state index contributed by atoms with van der Waals surface area (Å²) < 4.78 is 2.58. The van der Waals surface area contributed by atoms with Crippen LogP contribution in [0.5, 0.6) is 0 Å². The molecule has 5 heteroatoms. The van der Waals surface area contributed by atoms with E-state index in [1.807, 2.05) is 30.3 Å². The summed E-state index contributed by atoms with van der Waals surface area (Å²) in [5.41, 5.74) is 1.04. The standard InChI is InChI=1S/C10H9N3OS/c11-6-8-9(14)13-15-10(8)12-7-4-2-1-3-5-7/h1-6,11-12H,(H,13,14). The van der Waals surface area contributed by atoms with Crippen molar-refractivity contribution < 1.29 is 0 Å². The first kappa shape index (κ1) is 9.67. The van der Waals surface area contributed by atoms with E-state index < -0.39 is 0 Å². The van der Waals surface area contributed by atoms with Gasteiger partial charge in [-0.3, -0.25) is 9.17 Å². The fourth-order valence-corrected chi connectivity index (χ4v) is 1.92. The van der Waals surface area contributed by atoms with Gasteiger partial charge in [-0.15, -0.1) is 0 Å². The average Bonchev–Trinajstić information content (AvgIpc) is 2.61. The minimum absolute atomic E-state index is 0.228. The fraction of sp³-hybridized carbons (Fsp3) is 0. The monoisotopic (exact) mass is 219 g/mol. The minimum atomic E-state index is -0.228. The molecule has 3 N–H and O–H groups in total. The van der Waals surface area contributed by atoms with Crippen LogP contribution in [0.25, 0.3) is 0 Å². The van der Waals surface area contributed by atoms with Gasteiger partial charge in [0.05, 0.1) is 5.56 Å². The SMILES string of the molecule is N=Cc1c(Nc2ccccc2)s[nH]c1=O. The molecule has 0 bridgehead atoms. The van der Waals surface area contributed by atoms with Crippen LogP contribution >= 0.6 is 11.5 Å². The molecule has 0 saturated carbocycles. The summed E-state index contributed by atoms with van der Waals surface area (Å²) >= 11 is 1.20. The number of benzene rings is 1. The molecule has 76 valence electrons. The van der Waals surface area contributed by atoms with E-state index in [1.165, 1.54) is 11.5 Å². The van der Waals surface area contributed by atoms with Crippen molar-refractivity contribution in [3.05, 3.63) is 46.2 Å². The second-order valence-corrected chi connectivity index (χ2v) is 3.73. The third-order valence-electron chi connectivity index (χ3n) is 1.91. The predicted octanol–water partition coefficient (Wildman–Crippen LogP) is 2.18. The molecule has 2 rings (SSSR count). The Morgan fingerprint density at radius 3 is 2.73 bits per heavy atom. The van der Waals surface area contributed by atoms with Gasteiger partial charge in [0.15, 0.2) is 0 Å². The molecule has 0 saturated heterocycles. The maximum absolute atomic E-state index is 11.2. The Kier molecular flexibility index (Phi) is 2.64. The maximum atomic E-state index is 11.2. The summed E-state index contributed by atoms with van der Waals surface area (Å²) in [7, 11) is 0. The van der Waals surface area contributed by atoms with Gasteiger partial charge in [-0.2, -0.15) is 0 Å². The molecular weight excluding hydrogens is 210 g/mol. The highest BCUT2D eigenvalue weighted by atomic mass is 32.1. The van der Waals surface area contributed by atoms with Gasteiger partial charge in [0.25, 0.3) is 5.56 Å². The summed E-state index contributed by atoms with van der Waals surface area (Å²) in [6.45, 7) is 0. The first-order valence-electron chi connectivity index (χ1n) is 4.35. The van der Waals surface area contributed by atoms with Crippen molar-refractivity contribution in [2.24, 2.45) is 0 Å². The summed E-state index contributed by atoms with van der Waals surface area (Å²) in [6, 6.07) is 9.53. The van der Waals surface area contributed by atoms with E-state index in [4.69, 9.17) is 5.41 Å². The van der Waals surface area contributed by atoms with E-state index in [9.17, 15) is 4.79 Å². The van der Waals surface area contributed by atoms with Crippen LogP contribution in [0.1, 0.15) is 5.56 Å². The van der Waals surface area contributed by atoms with Gasteiger partial charge in [0, 0.05) is 11.9 Å². The second-order valence-electron chi connectivity index (χ2n) is 2.91. The number of para-hydroxylation sites is 1. The van der Waals surface area contributed by atoms with Crippen LogP contribution in [-0.4, -0.2) is 10.6 Å². The van der Waals surface area contributed by atoms with Crippen molar-refractivity contribution in [2.75, 3.05) is 5.32 Å². The van der Waals surface area contributed by atoms with E-state index in [0.717, 1.165) is 11.9 Å². The Hall–Kier alpha value is -1.88. The highest BCUT2D eigenvalue weighted by Gasteiger charge is 2.07. The molecule has 0 aliphatic carbocycles. The molecule has 4 nitrogen and oxygen atoms in total. The minimum Gasteiger partial charge on any atom is -0.345 e. The number of rotatable bonds is 3. The van der Waals surface area contributed by atoms with Crippen molar-refractivity contribution in [2.45, 2.75) is 0 Å². The zero-order valence-electron chi connectivity index (χ0n) is 7.78. The molecule has 0 aliphatic rings. The second kappa shape index (κ2) is 4.10. The first-order chi connectivity index (χ1) is 7.31. The van der Waals surface area contributed by atoms with Crippen LogP contribution in [0, 0.1) is 5.41 Å². The number of nitrogens with one attached hydrogen (secondary N) is 3. The van der Waals surface area contributed by atoms with E-state index in [0.29, 0.717) is 10.6 Å². The van der Waals surface area contributed by atoms with Gasteiger partial charge in [0.1, 0.15) is 5.00 Å². The van der Waals surface area contributed by atoms with Gasteiger partial charge in [-0.05, 0) is 23.7 Å². The Morgan fingerprint density at radius 1 is 1.33 bits per heavy atom.